The fraction of sp³-hybridized carbons (Fsp3) is 0.533. The summed E-state index contributed by atoms with van der Waals surface area (Å²) in [6.07, 6.45) is 3.50. The van der Waals surface area contributed by atoms with Gasteiger partial charge in [-0.15, -0.1) is 0 Å². The van der Waals surface area contributed by atoms with E-state index in [2.05, 4.69) is 20.2 Å². The average Bonchev–Trinajstić information content (AvgIpc) is 3.30. The predicted molar refractivity (Wildman–Crippen MR) is 81.6 cm³/mol. The predicted octanol–water partition coefficient (Wildman–Crippen LogP) is 0.452. The molecule has 1 unspecified atom stereocenters. The smallest absolute Gasteiger partial charge is 0.251 e. The maximum absolute atomic E-state index is 12.2. The Balaban J connectivity index is 1.55. The first-order valence-corrected chi connectivity index (χ1v) is 7.67. The number of amides is 1. The van der Waals surface area contributed by atoms with Crippen LogP contribution in [0.1, 0.15) is 12.8 Å². The quantitative estimate of drug-likeness (QED) is 0.891. The van der Waals surface area contributed by atoms with Crippen LogP contribution in [0.25, 0.3) is 11.2 Å². The maximum Gasteiger partial charge on any atom is 0.251 e. The maximum atomic E-state index is 12.2. The lowest BCUT2D eigenvalue weighted by atomic mass is 10.2. The van der Waals surface area contributed by atoms with E-state index in [1.54, 1.807) is 6.20 Å². The van der Waals surface area contributed by atoms with Crippen molar-refractivity contribution in [2.24, 2.45) is 7.05 Å². The molecule has 1 amide bonds. The number of pyridine rings is 1. The number of morpholine rings is 1. The van der Waals surface area contributed by atoms with E-state index in [9.17, 15) is 4.79 Å². The average molecular weight is 301 g/mol. The molecule has 2 aliphatic rings. The van der Waals surface area contributed by atoms with Crippen LogP contribution in [-0.4, -0.2) is 52.3 Å². The van der Waals surface area contributed by atoms with Gasteiger partial charge in [-0.3, -0.25) is 9.36 Å². The Kier molecular flexibility index (Phi) is 3.22. The molecule has 3 heterocycles. The zero-order valence-corrected chi connectivity index (χ0v) is 12.5. The van der Waals surface area contributed by atoms with Crippen LogP contribution < -0.4 is 10.2 Å². The molecule has 1 saturated heterocycles. The summed E-state index contributed by atoms with van der Waals surface area (Å²) in [4.78, 5) is 23.3. The Bertz CT molecular complexity index is 709. The minimum atomic E-state index is -0.429. The Labute approximate surface area is 128 Å². The SMILES string of the molecule is Cn1c(N2CCOC(C(=O)NC3CC3)C2)nc2cccnc21. The molecule has 1 aliphatic heterocycles. The third kappa shape index (κ3) is 2.41. The Morgan fingerprint density at radius 3 is 3.09 bits per heavy atom. The summed E-state index contributed by atoms with van der Waals surface area (Å²) in [5.41, 5.74) is 1.72. The summed E-state index contributed by atoms with van der Waals surface area (Å²) >= 11 is 0. The number of carbonyl (C=O) groups excluding carboxylic acids is 1. The number of ether oxygens (including phenoxy) is 1. The number of nitrogens with zero attached hydrogens (tertiary/aromatic N) is 4. The van der Waals surface area contributed by atoms with Gasteiger partial charge in [-0.1, -0.05) is 0 Å². The minimum absolute atomic E-state index is 0.0101. The number of imidazole rings is 1. The summed E-state index contributed by atoms with van der Waals surface area (Å²) in [7, 11) is 1.95. The highest BCUT2D eigenvalue weighted by Gasteiger charge is 2.32. The fourth-order valence-electron chi connectivity index (χ4n) is 2.81. The molecule has 1 aliphatic carbocycles. The summed E-state index contributed by atoms with van der Waals surface area (Å²) in [6.45, 7) is 1.78. The third-order valence-corrected chi connectivity index (χ3v) is 4.17. The van der Waals surface area contributed by atoms with Gasteiger partial charge in [0.25, 0.3) is 5.91 Å². The van der Waals surface area contributed by atoms with Gasteiger partial charge < -0.3 is 15.0 Å². The number of aromatic nitrogens is 3. The monoisotopic (exact) mass is 301 g/mol. The Morgan fingerprint density at radius 2 is 2.32 bits per heavy atom. The number of rotatable bonds is 3. The van der Waals surface area contributed by atoms with E-state index < -0.39 is 6.10 Å². The van der Waals surface area contributed by atoms with Crippen LogP contribution in [0.2, 0.25) is 0 Å². The molecule has 2 aromatic heterocycles. The number of aryl methyl sites for hydroxylation is 1. The molecule has 2 aromatic rings. The molecule has 0 aromatic carbocycles. The zero-order valence-electron chi connectivity index (χ0n) is 12.5. The fourth-order valence-corrected chi connectivity index (χ4v) is 2.81. The number of hydrogen-bond donors (Lipinski definition) is 1. The number of hydrogen-bond acceptors (Lipinski definition) is 5. The van der Waals surface area contributed by atoms with Gasteiger partial charge in [0.2, 0.25) is 5.95 Å². The van der Waals surface area contributed by atoms with E-state index in [4.69, 9.17) is 4.74 Å². The second-order valence-corrected chi connectivity index (χ2v) is 5.91. The topological polar surface area (TPSA) is 72.3 Å². The number of nitrogens with one attached hydrogen (secondary N) is 1. The van der Waals surface area contributed by atoms with Gasteiger partial charge in [0.05, 0.1) is 13.2 Å². The first kappa shape index (κ1) is 13.5. The molecule has 0 bridgehead atoms. The highest BCUT2D eigenvalue weighted by Crippen LogP contribution is 2.22. The second kappa shape index (κ2) is 5.24. The van der Waals surface area contributed by atoms with Crippen molar-refractivity contribution >= 4 is 23.0 Å². The Morgan fingerprint density at radius 1 is 1.45 bits per heavy atom. The lowest BCUT2D eigenvalue weighted by Gasteiger charge is -2.32. The number of anilines is 1. The lowest BCUT2D eigenvalue weighted by molar-refractivity contribution is -0.133. The van der Waals surface area contributed by atoms with Crippen molar-refractivity contribution in [3.05, 3.63) is 18.3 Å². The van der Waals surface area contributed by atoms with Crippen molar-refractivity contribution in [1.82, 2.24) is 19.9 Å². The van der Waals surface area contributed by atoms with E-state index in [0.29, 0.717) is 19.2 Å². The molecule has 1 N–H and O–H groups in total. The van der Waals surface area contributed by atoms with Gasteiger partial charge in [-0.05, 0) is 25.0 Å². The number of carbonyl (C=O) groups is 1. The molecule has 7 heteroatoms. The zero-order chi connectivity index (χ0) is 15.1. The van der Waals surface area contributed by atoms with Gasteiger partial charge >= 0.3 is 0 Å². The van der Waals surface area contributed by atoms with Crippen LogP contribution in [0.5, 0.6) is 0 Å². The molecular weight excluding hydrogens is 282 g/mol. The van der Waals surface area contributed by atoms with E-state index in [1.165, 1.54) is 0 Å². The van der Waals surface area contributed by atoms with Crippen molar-refractivity contribution in [3.63, 3.8) is 0 Å². The molecule has 2 fully saturated rings. The van der Waals surface area contributed by atoms with Crippen LogP contribution in [0.15, 0.2) is 18.3 Å². The molecule has 0 spiro atoms. The second-order valence-electron chi connectivity index (χ2n) is 5.91. The van der Waals surface area contributed by atoms with Crippen LogP contribution in [0.3, 0.4) is 0 Å². The molecule has 7 nitrogen and oxygen atoms in total. The van der Waals surface area contributed by atoms with Gasteiger partial charge in [-0.2, -0.15) is 0 Å². The van der Waals surface area contributed by atoms with Crippen LogP contribution in [0.4, 0.5) is 5.95 Å². The molecule has 22 heavy (non-hydrogen) atoms. The molecular formula is C15H19N5O2. The highest BCUT2D eigenvalue weighted by molar-refractivity contribution is 5.82. The highest BCUT2D eigenvalue weighted by atomic mass is 16.5. The van der Waals surface area contributed by atoms with Gasteiger partial charge in [0, 0.05) is 25.8 Å². The lowest BCUT2D eigenvalue weighted by Crippen LogP contribution is -2.51. The van der Waals surface area contributed by atoms with Gasteiger partial charge in [-0.25, -0.2) is 9.97 Å². The van der Waals surface area contributed by atoms with Crippen molar-refractivity contribution in [2.45, 2.75) is 25.0 Å². The van der Waals surface area contributed by atoms with Gasteiger partial charge in [0.1, 0.15) is 5.52 Å². The minimum Gasteiger partial charge on any atom is -0.365 e. The summed E-state index contributed by atoms with van der Waals surface area (Å²) in [6, 6.07) is 4.18. The standard InChI is InChI=1S/C15H19N5O2/c1-19-13-11(3-2-6-16-13)18-15(19)20-7-8-22-12(9-20)14(21)17-10-4-5-10/h2-3,6,10,12H,4-5,7-9H2,1H3,(H,17,21). The van der Waals surface area contributed by atoms with Crippen molar-refractivity contribution < 1.29 is 9.53 Å². The van der Waals surface area contributed by atoms with Crippen LogP contribution in [0, 0.1) is 0 Å². The van der Waals surface area contributed by atoms with Crippen molar-refractivity contribution in [2.75, 3.05) is 24.6 Å². The van der Waals surface area contributed by atoms with Crippen LogP contribution in [-0.2, 0) is 16.6 Å². The first-order chi connectivity index (χ1) is 10.7. The van der Waals surface area contributed by atoms with Crippen LogP contribution >= 0.6 is 0 Å². The van der Waals surface area contributed by atoms with Crippen molar-refractivity contribution in [1.29, 1.82) is 0 Å². The van der Waals surface area contributed by atoms with Gasteiger partial charge in [0.15, 0.2) is 11.8 Å². The molecule has 116 valence electrons. The molecule has 1 atom stereocenters. The summed E-state index contributed by atoms with van der Waals surface area (Å²) < 4.78 is 7.60. The van der Waals surface area contributed by atoms with Crippen molar-refractivity contribution in [3.8, 4) is 0 Å². The summed E-state index contributed by atoms with van der Waals surface area (Å²) in [5.74, 6) is 0.824. The van der Waals surface area contributed by atoms with E-state index >= 15 is 0 Å². The van der Waals surface area contributed by atoms with E-state index in [-0.39, 0.29) is 5.91 Å². The largest absolute Gasteiger partial charge is 0.365 e. The van der Waals surface area contributed by atoms with E-state index in [1.807, 2.05) is 23.7 Å². The molecule has 4 rings (SSSR count). The normalized spacial score (nSPS) is 22.0. The third-order valence-electron chi connectivity index (χ3n) is 4.17. The summed E-state index contributed by atoms with van der Waals surface area (Å²) in [5, 5.41) is 3.01. The molecule has 0 radical (unpaired) electrons. The first-order valence-electron chi connectivity index (χ1n) is 7.67. The molecule has 1 saturated carbocycles. The Hall–Kier alpha value is -2.15. The van der Waals surface area contributed by atoms with E-state index in [0.717, 1.165) is 36.5 Å². The number of fused-ring (bicyclic) bond motifs is 1.